The van der Waals surface area contributed by atoms with Gasteiger partial charge in [0.1, 0.15) is 35.5 Å². The number of rotatable bonds is 7. The van der Waals surface area contributed by atoms with Crippen molar-refractivity contribution in [3.8, 4) is 17.2 Å². The molecule has 0 atom stereocenters. The number of benzene rings is 2. The van der Waals surface area contributed by atoms with Crippen molar-refractivity contribution in [2.75, 3.05) is 20.3 Å². The number of ether oxygens (including phenoxy) is 3. The molecular weight excluding hydrogens is 334 g/mol. The van der Waals surface area contributed by atoms with E-state index >= 15 is 0 Å². The van der Waals surface area contributed by atoms with Crippen LogP contribution in [0.1, 0.15) is 31.9 Å². The van der Waals surface area contributed by atoms with Crippen molar-refractivity contribution in [2.45, 2.75) is 26.2 Å². The van der Waals surface area contributed by atoms with Crippen LogP contribution < -0.4 is 19.9 Å². The number of thiocarbonyl (C=S) groups is 1. The molecule has 0 aliphatic rings. The van der Waals surface area contributed by atoms with Crippen molar-refractivity contribution >= 4 is 17.2 Å². The molecule has 25 heavy (non-hydrogen) atoms. The highest BCUT2D eigenvalue weighted by Crippen LogP contribution is 2.34. The lowest BCUT2D eigenvalue weighted by atomic mass is 9.86. The predicted octanol–water partition coefficient (Wildman–Crippen LogP) is 4.08. The van der Waals surface area contributed by atoms with E-state index in [1.165, 1.54) is 0 Å². The fourth-order valence-corrected chi connectivity index (χ4v) is 2.53. The van der Waals surface area contributed by atoms with E-state index < -0.39 is 0 Å². The summed E-state index contributed by atoms with van der Waals surface area (Å²) in [7, 11) is 1.66. The summed E-state index contributed by atoms with van der Waals surface area (Å²) in [6, 6.07) is 13.3. The zero-order valence-electron chi connectivity index (χ0n) is 15.2. The second-order valence-electron chi connectivity index (χ2n) is 6.70. The maximum Gasteiger partial charge on any atom is 0.123 e. The summed E-state index contributed by atoms with van der Waals surface area (Å²) >= 11 is 4.98. The third-order valence-corrected chi connectivity index (χ3v) is 3.96. The zero-order chi connectivity index (χ0) is 18.4. The molecule has 5 heteroatoms. The molecule has 0 saturated carbocycles. The molecule has 0 radical (unpaired) electrons. The minimum Gasteiger partial charge on any atom is -0.497 e. The monoisotopic (exact) mass is 359 g/mol. The molecule has 2 aromatic rings. The van der Waals surface area contributed by atoms with Gasteiger partial charge < -0.3 is 19.9 Å². The highest BCUT2D eigenvalue weighted by Gasteiger charge is 2.20. The Morgan fingerprint density at radius 1 is 1.00 bits per heavy atom. The van der Waals surface area contributed by atoms with Crippen LogP contribution in [0.15, 0.2) is 42.5 Å². The summed E-state index contributed by atoms with van der Waals surface area (Å²) in [4.78, 5) is 0.356. The maximum absolute atomic E-state index is 5.93. The Hall–Kier alpha value is -2.27. The van der Waals surface area contributed by atoms with Crippen molar-refractivity contribution in [1.82, 2.24) is 0 Å². The van der Waals surface area contributed by atoms with Gasteiger partial charge in [0.25, 0.3) is 0 Å². The van der Waals surface area contributed by atoms with Crippen molar-refractivity contribution in [1.29, 1.82) is 0 Å². The fourth-order valence-electron chi connectivity index (χ4n) is 2.40. The molecule has 134 valence electrons. The Kier molecular flexibility index (Phi) is 6.26. The van der Waals surface area contributed by atoms with Crippen LogP contribution in [0.2, 0.25) is 0 Å². The molecule has 0 amide bonds. The standard InChI is InChI=1S/C20H25NO3S/c1-20(2,3)17-13-15(22-4)8-9-18(17)24-11-10-23-16-7-5-6-14(12-16)19(21)25/h5-9,12-13H,10-11H2,1-4H3,(H2,21,25). The quantitative estimate of drug-likeness (QED) is 0.596. The number of methoxy groups -OCH3 is 1. The normalized spacial score (nSPS) is 11.0. The molecule has 0 bridgehead atoms. The Labute approximate surface area is 154 Å². The predicted molar refractivity (Wildman–Crippen MR) is 105 cm³/mol. The van der Waals surface area contributed by atoms with E-state index in [4.69, 9.17) is 32.2 Å². The number of hydrogen-bond acceptors (Lipinski definition) is 4. The van der Waals surface area contributed by atoms with Crippen molar-refractivity contribution in [3.63, 3.8) is 0 Å². The van der Waals surface area contributed by atoms with Crippen molar-refractivity contribution in [3.05, 3.63) is 53.6 Å². The lowest BCUT2D eigenvalue weighted by molar-refractivity contribution is 0.214. The van der Waals surface area contributed by atoms with Gasteiger partial charge in [-0.25, -0.2) is 0 Å². The van der Waals surface area contributed by atoms with Gasteiger partial charge in [0, 0.05) is 11.1 Å². The van der Waals surface area contributed by atoms with Crippen LogP contribution in [0.4, 0.5) is 0 Å². The third kappa shape index (κ3) is 5.36. The maximum atomic E-state index is 5.93. The van der Waals surface area contributed by atoms with Gasteiger partial charge in [-0.15, -0.1) is 0 Å². The Morgan fingerprint density at radius 3 is 2.36 bits per heavy atom. The van der Waals surface area contributed by atoms with Crippen LogP contribution >= 0.6 is 12.2 Å². The van der Waals surface area contributed by atoms with Crippen LogP contribution in [0, 0.1) is 0 Å². The second-order valence-corrected chi connectivity index (χ2v) is 7.14. The highest BCUT2D eigenvalue weighted by atomic mass is 32.1. The molecule has 0 unspecified atom stereocenters. The van der Waals surface area contributed by atoms with Crippen LogP contribution in [-0.4, -0.2) is 25.3 Å². The molecule has 0 spiro atoms. The molecule has 0 saturated heterocycles. The minimum absolute atomic E-state index is 0.0458. The zero-order valence-corrected chi connectivity index (χ0v) is 16.0. The van der Waals surface area contributed by atoms with Gasteiger partial charge in [0.2, 0.25) is 0 Å². The fraction of sp³-hybridized carbons (Fsp3) is 0.350. The van der Waals surface area contributed by atoms with Crippen LogP contribution in [0.3, 0.4) is 0 Å². The average Bonchev–Trinajstić information content (AvgIpc) is 2.58. The van der Waals surface area contributed by atoms with Gasteiger partial charge in [-0.1, -0.05) is 45.1 Å². The van der Waals surface area contributed by atoms with E-state index in [1.807, 2.05) is 42.5 Å². The average molecular weight is 359 g/mol. The van der Waals surface area contributed by atoms with Crippen molar-refractivity contribution in [2.24, 2.45) is 5.73 Å². The minimum atomic E-state index is -0.0458. The van der Waals surface area contributed by atoms with E-state index in [0.29, 0.717) is 18.2 Å². The van der Waals surface area contributed by atoms with E-state index in [2.05, 4.69) is 20.8 Å². The largest absolute Gasteiger partial charge is 0.497 e. The van der Waals surface area contributed by atoms with E-state index in [0.717, 1.165) is 28.4 Å². The molecule has 0 heterocycles. The van der Waals surface area contributed by atoms with Gasteiger partial charge in [-0.05, 0) is 35.7 Å². The Bertz CT molecular complexity index is 738. The molecule has 0 aromatic heterocycles. The molecule has 0 fully saturated rings. The summed E-state index contributed by atoms with van der Waals surface area (Å²) in [6.45, 7) is 7.30. The lowest BCUT2D eigenvalue weighted by Crippen LogP contribution is -2.16. The summed E-state index contributed by atoms with van der Waals surface area (Å²) in [5.41, 5.74) is 7.48. The summed E-state index contributed by atoms with van der Waals surface area (Å²) in [6.07, 6.45) is 0. The molecule has 0 aliphatic carbocycles. The number of hydrogen-bond donors (Lipinski definition) is 1. The van der Waals surface area contributed by atoms with E-state index in [9.17, 15) is 0 Å². The molecule has 0 aliphatic heterocycles. The topological polar surface area (TPSA) is 53.7 Å². The first-order valence-corrected chi connectivity index (χ1v) is 8.56. The van der Waals surface area contributed by atoms with Gasteiger partial charge in [0.15, 0.2) is 0 Å². The van der Waals surface area contributed by atoms with Crippen LogP contribution in [0.25, 0.3) is 0 Å². The Balaban J connectivity index is 1.98. The molecular formula is C20H25NO3S. The van der Waals surface area contributed by atoms with Gasteiger partial charge in [-0.3, -0.25) is 0 Å². The molecule has 4 nitrogen and oxygen atoms in total. The second kappa shape index (κ2) is 8.21. The summed E-state index contributed by atoms with van der Waals surface area (Å²) in [5, 5.41) is 0. The Morgan fingerprint density at radius 2 is 1.72 bits per heavy atom. The van der Waals surface area contributed by atoms with E-state index in [1.54, 1.807) is 7.11 Å². The lowest BCUT2D eigenvalue weighted by Gasteiger charge is -2.23. The smallest absolute Gasteiger partial charge is 0.123 e. The van der Waals surface area contributed by atoms with Crippen molar-refractivity contribution < 1.29 is 14.2 Å². The third-order valence-electron chi connectivity index (χ3n) is 3.72. The SMILES string of the molecule is COc1ccc(OCCOc2cccc(C(N)=S)c2)c(C(C)(C)C)c1. The first-order valence-electron chi connectivity index (χ1n) is 8.15. The molecule has 2 aromatic carbocycles. The summed E-state index contributed by atoms with van der Waals surface area (Å²) in [5.74, 6) is 2.39. The van der Waals surface area contributed by atoms with Crippen LogP contribution in [-0.2, 0) is 5.41 Å². The first-order chi connectivity index (χ1) is 11.8. The number of nitrogens with two attached hydrogens (primary N) is 1. The molecule has 2 N–H and O–H groups in total. The van der Waals surface area contributed by atoms with E-state index in [-0.39, 0.29) is 5.41 Å². The van der Waals surface area contributed by atoms with Gasteiger partial charge >= 0.3 is 0 Å². The highest BCUT2D eigenvalue weighted by molar-refractivity contribution is 7.80. The van der Waals surface area contributed by atoms with Gasteiger partial charge in [0.05, 0.1) is 7.11 Å². The molecule has 2 rings (SSSR count). The van der Waals surface area contributed by atoms with Gasteiger partial charge in [-0.2, -0.15) is 0 Å². The van der Waals surface area contributed by atoms with Crippen LogP contribution in [0.5, 0.6) is 17.2 Å². The first kappa shape index (κ1) is 19.1. The summed E-state index contributed by atoms with van der Waals surface area (Å²) < 4.78 is 17.0.